The van der Waals surface area contributed by atoms with Crippen molar-refractivity contribution in [3.8, 4) is 17.0 Å². The number of aromatic nitrogens is 2. The number of nitrogens with one attached hydrogen (secondary N) is 1. The van der Waals surface area contributed by atoms with Crippen molar-refractivity contribution in [2.45, 2.75) is 25.4 Å². The predicted molar refractivity (Wildman–Crippen MR) is 110 cm³/mol. The average Bonchev–Trinajstić information content (AvgIpc) is 3.22. The van der Waals surface area contributed by atoms with Crippen LogP contribution < -0.4 is 10.1 Å². The number of rotatable bonds is 6. The van der Waals surface area contributed by atoms with Crippen LogP contribution in [0.25, 0.3) is 11.3 Å². The molecule has 2 aromatic heterocycles. The second kappa shape index (κ2) is 8.50. The number of nitrogens with zero attached hydrogens (tertiary/aromatic N) is 3. The maximum Gasteiger partial charge on any atom is 0.148 e. The fraction of sp³-hybridized carbons (Fsp3) is 0.333. The number of para-hydroxylation sites is 1. The molecule has 1 unspecified atom stereocenters. The molecule has 3 heterocycles. The molecule has 4 rings (SSSR count). The lowest BCUT2D eigenvalue weighted by molar-refractivity contribution is 0.210. The maximum atomic E-state index is 5.42. The third-order valence-corrected chi connectivity index (χ3v) is 5.73. The van der Waals surface area contributed by atoms with Gasteiger partial charge in [0.25, 0.3) is 0 Å². The summed E-state index contributed by atoms with van der Waals surface area (Å²) in [5, 5.41) is 14.5. The zero-order valence-corrected chi connectivity index (χ0v) is 16.3. The average molecular weight is 381 g/mol. The van der Waals surface area contributed by atoms with Crippen LogP contribution in [0.15, 0.2) is 53.9 Å². The van der Waals surface area contributed by atoms with Gasteiger partial charge in [0.2, 0.25) is 0 Å². The predicted octanol–water partition coefficient (Wildman–Crippen LogP) is 4.29. The van der Waals surface area contributed by atoms with E-state index in [1.54, 1.807) is 7.11 Å². The summed E-state index contributed by atoms with van der Waals surface area (Å²) in [5.74, 6) is 1.64. The molecule has 0 amide bonds. The molecule has 5 nitrogen and oxygen atoms in total. The Hall–Kier alpha value is -2.44. The summed E-state index contributed by atoms with van der Waals surface area (Å²) >= 11 is 1.83. The van der Waals surface area contributed by atoms with Crippen molar-refractivity contribution < 1.29 is 4.74 Å². The Morgan fingerprint density at radius 2 is 2.07 bits per heavy atom. The summed E-state index contributed by atoms with van der Waals surface area (Å²) in [5.41, 5.74) is 1.78. The van der Waals surface area contributed by atoms with E-state index in [1.165, 1.54) is 11.3 Å². The van der Waals surface area contributed by atoms with E-state index in [4.69, 9.17) is 4.74 Å². The second-order valence-corrected chi connectivity index (χ2v) is 7.83. The lowest BCUT2D eigenvalue weighted by Crippen LogP contribution is -2.41. The number of thiophene rings is 1. The summed E-state index contributed by atoms with van der Waals surface area (Å²) in [6.07, 6.45) is 2.37. The van der Waals surface area contributed by atoms with Gasteiger partial charge in [0, 0.05) is 29.6 Å². The summed E-state index contributed by atoms with van der Waals surface area (Å²) in [7, 11) is 1.67. The molecular weight excluding hydrogens is 356 g/mol. The van der Waals surface area contributed by atoms with Crippen LogP contribution in [0, 0.1) is 0 Å². The Bertz CT molecular complexity index is 851. The van der Waals surface area contributed by atoms with Crippen LogP contribution in [0.5, 0.6) is 5.75 Å². The molecule has 140 valence electrons. The first-order valence-electron chi connectivity index (χ1n) is 9.30. The molecule has 1 saturated heterocycles. The minimum atomic E-state index is 0.408. The fourth-order valence-electron chi connectivity index (χ4n) is 3.56. The van der Waals surface area contributed by atoms with E-state index < -0.39 is 0 Å². The first kappa shape index (κ1) is 17.9. The Balaban J connectivity index is 1.39. The van der Waals surface area contributed by atoms with Crippen LogP contribution in [0.4, 0.5) is 5.82 Å². The van der Waals surface area contributed by atoms with E-state index in [2.05, 4.69) is 37.9 Å². The van der Waals surface area contributed by atoms with Crippen molar-refractivity contribution in [2.24, 2.45) is 0 Å². The number of likely N-dealkylation sites (tertiary alicyclic amines) is 1. The molecule has 0 spiro atoms. The van der Waals surface area contributed by atoms with Crippen LogP contribution in [0.3, 0.4) is 0 Å². The topological polar surface area (TPSA) is 50.3 Å². The Morgan fingerprint density at radius 1 is 1.15 bits per heavy atom. The smallest absolute Gasteiger partial charge is 0.148 e. The first-order valence-corrected chi connectivity index (χ1v) is 10.2. The van der Waals surface area contributed by atoms with Gasteiger partial charge in [0.15, 0.2) is 0 Å². The van der Waals surface area contributed by atoms with Gasteiger partial charge in [0.05, 0.1) is 12.8 Å². The molecule has 27 heavy (non-hydrogen) atoms. The van der Waals surface area contributed by atoms with Gasteiger partial charge in [-0.25, -0.2) is 0 Å². The number of benzene rings is 1. The second-order valence-electron chi connectivity index (χ2n) is 6.80. The van der Waals surface area contributed by atoms with Gasteiger partial charge in [-0.3, -0.25) is 4.90 Å². The molecule has 1 N–H and O–H groups in total. The van der Waals surface area contributed by atoms with Gasteiger partial charge < -0.3 is 10.1 Å². The van der Waals surface area contributed by atoms with E-state index in [-0.39, 0.29) is 0 Å². The van der Waals surface area contributed by atoms with Crippen LogP contribution >= 0.6 is 11.3 Å². The third-order valence-electron chi connectivity index (χ3n) is 4.86. The molecule has 1 aliphatic rings. The normalized spacial score (nSPS) is 17.6. The zero-order chi connectivity index (χ0) is 18.5. The molecule has 6 heteroatoms. The molecule has 1 aromatic carbocycles. The largest absolute Gasteiger partial charge is 0.496 e. The molecule has 0 saturated carbocycles. The minimum absolute atomic E-state index is 0.408. The van der Waals surface area contributed by atoms with Crippen molar-refractivity contribution in [3.05, 3.63) is 58.8 Å². The van der Waals surface area contributed by atoms with Crippen LogP contribution in [0.2, 0.25) is 0 Å². The van der Waals surface area contributed by atoms with Gasteiger partial charge >= 0.3 is 0 Å². The number of ether oxygens (including phenoxy) is 1. The fourth-order valence-corrected chi connectivity index (χ4v) is 4.30. The number of anilines is 1. The van der Waals surface area contributed by atoms with Crippen molar-refractivity contribution in [2.75, 3.05) is 25.5 Å². The van der Waals surface area contributed by atoms with Crippen molar-refractivity contribution in [1.29, 1.82) is 0 Å². The summed E-state index contributed by atoms with van der Waals surface area (Å²) in [4.78, 5) is 3.94. The standard InChI is InChI=1S/C21H24N4OS/c1-26-20-9-3-2-8-18(20)19-10-11-21(24-23-19)22-16-6-4-12-25(14-16)15-17-7-5-13-27-17/h2-3,5,7-11,13,16H,4,6,12,14-15H2,1H3,(H,22,24). The lowest BCUT2D eigenvalue weighted by atomic mass is 10.1. The zero-order valence-electron chi connectivity index (χ0n) is 15.5. The minimum Gasteiger partial charge on any atom is -0.496 e. The number of hydrogen-bond donors (Lipinski definition) is 1. The lowest BCUT2D eigenvalue weighted by Gasteiger charge is -2.33. The Kier molecular flexibility index (Phi) is 5.65. The van der Waals surface area contributed by atoms with Crippen molar-refractivity contribution in [3.63, 3.8) is 0 Å². The first-order chi connectivity index (χ1) is 13.3. The molecule has 3 aromatic rings. The number of piperidine rings is 1. The quantitative estimate of drug-likeness (QED) is 0.691. The highest BCUT2D eigenvalue weighted by Crippen LogP contribution is 2.28. The molecule has 1 aliphatic heterocycles. The van der Waals surface area contributed by atoms with Gasteiger partial charge in [-0.1, -0.05) is 18.2 Å². The molecular formula is C21H24N4OS. The maximum absolute atomic E-state index is 5.42. The van der Waals surface area contributed by atoms with Gasteiger partial charge in [0.1, 0.15) is 11.6 Å². The molecule has 0 bridgehead atoms. The molecule has 1 fully saturated rings. The number of hydrogen-bond acceptors (Lipinski definition) is 6. The summed E-state index contributed by atoms with van der Waals surface area (Å²) in [6, 6.07) is 16.6. The highest BCUT2D eigenvalue weighted by atomic mass is 32.1. The van der Waals surface area contributed by atoms with E-state index in [1.807, 2.05) is 47.7 Å². The van der Waals surface area contributed by atoms with E-state index >= 15 is 0 Å². The molecule has 0 radical (unpaired) electrons. The molecule has 1 atom stereocenters. The van der Waals surface area contributed by atoms with Crippen LogP contribution in [0.1, 0.15) is 17.7 Å². The highest BCUT2D eigenvalue weighted by molar-refractivity contribution is 7.09. The third kappa shape index (κ3) is 4.46. The van der Waals surface area contributed by atoms with Gasteiger partial charge in [-0.05, 0) is 55.1 Å². The van der Waals surface area contributed by atoms with Gasteiger partial charge in [-0.2, -0.15) is 0 Å². The Morgan fingerprint density at radius 3 is 2.85 bits per heavy atom. The van der Waals surface area contributed by atoms with Crippen molar-refractivity contribution >= 4 is 17.2 Å². The van der Waals surface area contributed by atoms with Crippen LogP contribution in [-0.2, 0) is 6.54 Å². The molecule has 0 aliphatic carbocycles. The monoisotopic (exact) mass is 380 g/mol. The summed E-state index contributed by atoms with van der Waals surface area (Å²) < 4.78 is 5.42. The number of methoxy groups -OCH3 is 1. The highest BCUT2D eigenvalue weighted by Gasteiger charge is 2.20. The van der Waals surface area contributed by atoms with E-state index in [9.17, 15) is 0 Å². The van der Waals surface area contributed by atoms with E-state index in [0.29, 0.717) is 6.04 Å². The van der Waals surface area contributed by atoms with Crippen molar-refractivity contribution in [1.82, 2.24) is 15.1 Å². The van der Waals surface area contributed by atoms with Crippen LogP contribution in [-0.4, -0.2) is 41.3 Å². The summed E-state index contributed by atoms with van der Waals surface area (Å²) in [6.45, 7) is 3.23. The van der Waals surface area contributed by atoms with E-state index in [0.717, 1.165) is 48.9 Å². The Labute approximate surface area is 164 Å². The van der Waals surface area contributed by atoms with Gasteiger partial charge in [-0.15, -0.1) is 21.5 Å². The SMILES string of the molecule is COc1ccccc1-c1ccc(NC2CCCN(Cc3cccs3)C2)nn1.